The third-order valence-electron chi connectivity index (χ3n) is 2.87. The number of aromatic nitrogens is 3. The van der Waals surface area contributed by atoms with Crippen LogP contribution in [0.25, 0.3) is 0 Å². The number of anilines is 2. The average Bonchev–Trinajstić information content (AvgIpc) is 2.31. The highest BCUT2D eigenvalue weighted by Crippen LogP contribution is 2.15. The van der Waals surface area contributed by atoms with E-state index < -0.39 is 0 Å². The molecule has 0 saturated carbocycles. The van der Waals surface area contributed by atoms with E-state index in [9.17, 15) is 0 Å². The van der Waals surface area contributed by atoms with Gasteiger partial charge < -0.3 is 20.7 Å². The highest BCUT2D eigenvalue weighted by atomic mass is 16.5. The highest BCUT2D eigenvalue weighted by molar-refractivity contribution is 5.33. The molecule has 0 radical (unpaired) electrons. The molecule has 1 aliphatic rings. The molecule has 0 spiro atoms. The van der Waals surface area contributed by atoms with Crippen molar-refractivity contribution < 1.29 is 4.74 Å². The number of nitrogens with zero attached hydrogens (tertiary/aromatic N) is 4. The lowest BCUT2D eigenvalue weighted by Gasteiger charge is -2.29. The lowest BCUT2D eigenvalue weighted by Crippen LogP contribution is -2.37. The Balaban J connectivity index is 2.00. The summed E-state index contributed by atoms with van der Waals surface area (Å²) in [5.41, 5.74) is 5.57. The van der Waals surface area contributed by atoms with Crippen molar-refractivity contribution in [2.75, 3.05) is 38.3 Å². The van der Waals surface area contributed by atoms with Crippen molar-refractivity contribution in [1.82, 2.24) is 19.9 Å². The van der Waals surface area contributed by atoms with Gasteiger partial charge in [-0.3, -0.25) is 0 Å². The Morgan fingerprint density at radius 3 is 2.65 bits per heavy atom. The fourth-order valence-corrected chi connectivity index (χ4v) is 1.86. The van der Waals surface area contributed by atoms with Crippen molar-refractivity contribution >= 4 is 11.9 Å². The van der Waals surface area contributed by atoms with E-state index >= 15 is 0 Å². The van der Waals surface area contributed by atoms with Crippen LogP contribution < -0.4 is 15.8 Å². The molecule has 0 bridgehead atoms. The maximum absolute atomic E-state index is 5.57. The van der Waals surface area contributed by atoms with Gasteiger partial charge in [0.25, 0.3) is 0 Å². The van der Waals surface area contributed by atoms with E-state index in [0.29, 0.717) is 12.0 Å². The first-order valence-corrected chi connectivity index (χ1v) is 5.68. The van der Waals surface area contributed by atoms with Crippen LogP contribution in [0.4, 0.5) is 11.9 Å². The second-order valence-corrected chi connectivity index (χ2v) is 4.23. The van der Waals surface area contributed by atoms with Crippen molar-refractivity contribution in [1.29, 1.82) is 0 Å². The smallest absolute Gasteiger partial charge is 0.322 e. The van der Waals surface area contributed by atoms with Crippen molar-refractivity contribution in [3.8, 4) is 6.01 Å². The van der Waals surface area contributed by atoms with Gasteiger partial charge in [0.2, 0.25) is 11.9 Å². The van der Waals surface area contributed by atoms with Crippen LogP contribution in [0.15, 0.2) is 0 Å². The summed E-state index contributed by atoms with van der Waals surface area (Å²) >= 11 is 0. The van der Waals surface area contributed by atoms with Gasteiger partial charge in [0.05, 0.1) is 7.11 Å². The minimum atomic E-state index is 0.173. The molecule has 0 unspecified atom stereocenters. The molecule has 1 aliphatic heterocycles. The standard InChI is InChI=1S/C10H18N6O/c1-16-5-3-7(4-6-16)12-9-13-8(11)14-10(15-9)17-2/h7H,3-6H2,1-2H3,(H3,11,12,13,14,15). The summed E-state index contributed by atoms with van der Waals surface area (Å²) in [5, 5.41) is 3.27. The zero-order chi connectivity index (χ0) is 12.3. The number of nitrogens with two attached hydrogens (primary N) is 1. The number of hydrogen-bond donors (Lipinski definition) is 2. The summed E-state index contributed by atoms with van der Waals surface area (Å²) in [5.74, 6) is 0.663. The second-order valence-electron chi connectivity index (χ2n) is 4.23. The molecule has 7 nitrogen and oxygen atoms in total. The van der Waals surface area contributed by atoms with Crippen LogP contribution in [0, 0.1) is 0 Å². The van der Waals surface area contributed by atoms with Crippen molar-refractivity contribution in [2.24, 2.45) is 0 Å². The molecule has 0 atom stereocenters. The number of rotatable bonds is 3. The Bertz CT molecular complexity index is 377. The molecule has 2 heterocycles. The summed E-state index contributed by atoms with van der Waals surface area (Å²) in [6.07, 6.45) is 2.15. The molecule has 0 aromatic carbocycles. The number of methoxy groups -OCH3 is 1. The summed E-state index contributed by atoms with van der Waals surface area (Å²) in [6.45, 7) is 2.16. The molecule has 17 heavy (non-hydrogen) atoms. The average molecular weight is 238 g/mol. The molecule has 1 aromatic heterocycles. The number of hydrogen-bond acceptors (Lipinski definition) is 7. The molecule has 94 valence electrons. The lowest BCUT2D eigenvalue weighted by atomic mass is 10.1. The summed E-state index contributed by atoms with van der Waals surface area (Å²) in [4.78, 5) is 14.3. The van der Waals surface area contributed by atoms with Crippen LogP contribution in [0.2, 0.25) is 0 Å². The Hall–Kier alpha value is -1.63. The van der Waals surface area contributed by atoms with Crippen LogP contribution in [0.3, 0.4) is 0 Å². The molecule has 1 aromatic rings. The predicted molar refractivity (Wildman–Crippen MR) is 64.9 cm³/mol. The summed E-state index contributed by atoms with van der Waals surface area (Å²) in [7, 11) is 3.63. The van der Waals surface area contributed by atoms with E-state index in [1.54, 1.807) is 0 Å². The zero-order valence-electron chi connectivity index (χ0n) is 10.2. The van der Waals surface area contributed by atoms with E-state index in [-0.39, 0.29) is 12.0 Å². The number of likely N-dealkylation sites (tertiary alicyclic amines) is 1. The Morgan fingerprint density at radius 2 is 2.00 bits per heavy atom. The molecular weight excluding hydrogens is 220 g/mol. The predicted octanol–water partition coefficient (Wildman–Crippen LogP) is -0.0315. The summed E-state index contributed by atoms with van der Waals surface area (Å²) < 4.78 is 4.95. The molecular formula is C10H18N6O. The largest absolute Gasteiger partial charge is 0.467 e. The quantitative estimate of drug-likeness (QED) is 0.764. The van der Waals surface area contributed by atoms with E-state index in [0.717, 1.165) is 25.9 Å². The number of nitrogen functional groups attached to an aromatic ring is 1. The third-order valence-corrected chi connectivity index (χ3v) is 2.87. The Labute approximate surface area is 100 Å². The van der Waals surface area contributed by atoms with Crippen LogP contribution in [0.5, 0.6) is 6.01 Å². The Kier molecular flexibility index (Phi) is 3.58. The van der Waals surface area contributed by atoms with Gasteiger partial charge in [-0.25, -0.2) is 0 Å². The molecule has 3 N–H and O–H groups in total. The van der Waals surface area contributed by atoms with Crippen molar-refractivity contribution in [3.05, 3.63) is 0 Å². The number of ether oxygens (including phenoxy) is 1. The van der Waals surface area contributed by atoms with E-state index in [1.165, 1.54) is 7.11 Å². The van der Waals surface area contributed by atoms with Gasteiger partial charge in [0, 0.05) is 6.04 Å². The Morgan fingerprint density at radius 1 is 1.29 bits per heavy atom. The van der Waals surface area contributed by atoms with Gasteiger partial charge in [-0.2, -0.15) is 15.0 Å². The van der Waals surface area contributed by atoms with Crippen LogP contribution in [-0.4, -0.2) is 53.1 Å². The zero-order valence-corrected chi connectivity index (χ0v) is 10.2. The maximum Gasteiger partial charge on any atom is 0.322 e. The van der Waals surface area contributed by atoms with Gasteiger partial charge in [-0.1, -0.05) is 0 Å². The molecule has 7 heteroatoms. The highest BCUT2D eigenvalue weighted by Gasteiger charge is 2.17. The molecule has 2 rings (SSSR count). The number of nitrogens with one attached hydrogen (secondary N) is 1. The van der Waals surface area contributed by atoms with Crippen LogP contribution in [0.1, 0.15) is 12.8 Å². The first-order chi connectivity index (χ1) is 8.17. The first-order valence-electron chi connectivity index (χ1n) is 5.68. The minimum absolute atomic E-state index is 0.173. The number of piperidine rings is 1. The summed E-state index contributed by atoms with van der Waals surface area (Å²) in [6, 6.07) is 0.630. The SMILES string of the molecule is COc1nc(N)nc(NC2CCN(C)CC2)n1. The normalized spacial score (nSPS) is 18.0. The molecule has 0 amide bonds. The van der Waals surface area contributed by atoms with Crippen LogP contribution in [-0.2, 0) is 0 Å². The van der Waals surface area contributed by atoms with E-state index in [2.05, 4.69) is 32.2 Å². The fourth-order valence-electron chi connectivity index (χ4n) is 1.86. The fraction of sp³-hybridized carbons (Fsp3) is 0.700. The van der Waals surface area contributed by atoms with E-state index in [4.69, 9.17) is 10.5 Å². The topological polar surface area (TPSA) is 89.2 Å². The van der Waals surface area contributed by atoms with Gasteiger partial charge in [0.1, 0.15) is 0 Å². The van der Waals surface area contributed by atoms with Crippen molar-refractivity contribution in [2.45, 2.75) is 18.9 Å². The molecule has 0 aliphatic carbocycles. The third kappa shape index (κ3) is 3.16. The first kappa shape index (κ1) is 11.8. The van der Waals surface area contributed by atoms with Crippen molar-refractivity contribution in [3.63, 3.8) is 0 Å². The van der Waals surface area contributed by atoms with Crippen LogP contribution >= 0.6 is 0 Å². The lowest BCUT2D eigenvalue weighted by molar-refractivity contribution is 0.263. The maximum atomic E-state index is 5.57. The van der Waals surface area contributed by atoms with Gasteiger partial charge in [-0.05, 0) is 33.0 Å². The minimum Gasteiger partial charge on any atom is -0.467 e. The van der Waals surface area contributed by atoms with Gasteiger partial charge in [0.15, 0.2) is 0 Å². The van der Waals surface area contributed by atoms with Gasteiger partial charge >= 0.3 is 6.01 Å². The second kappa shape index (κ2) is 5.13. The molecule has 1 saturated heterocycles. The van der Waals surface area contributed by atoms with Gasteiger partial charge in [-0.15, -0.1) is 0 Å². The molecule has 1 fully saturated rings. The van der Waals surface area contributed by atoms with E-state index in [1.807, 2.05) is 0 Å². The monoisotopic (exact) mass is 238 g/mol.